The van der Waals surface area contributed by atoms with Crippen molar-refractivity contribution >= 4 is 11.9 Å². The fraction of sp³-hybridized carbons (Fsp3) is 0.697. The van der Waals surface area contributed by atoms with Crippen LogP contribution < -0.4 is 5.73 Å². The largest absolute Gasteiger partial charge is 0.463 e. The molecular weight excluding hydrogens is 548 g/mol. The molecule has 43 heavy (non-hydrogen) atoms. The molecule has 1 aromatic heterocycles. The van der Waals surface area contributed by atoms with Crippen molar-refractivity contribution in [3.63, 3.8) is 0 Å². The van der Waals surface area contributed by atoms with E-state index < -0.39 is 36.7 Å². The number of ether oxygens (including phenoxy) is 4. The summed E-state index contributed by atoms with van der Waals surface area (Å²) in [4.78, 5) is 28.0. The highest BCUT2D eigenvalue weighted by Crippen LogP contribution is 2.44. The Labute approximate surface area is 256 Å². The number of fused-ring (bicyclic) bond motifs is 1. The Morgan fingerprint density at radius 3 is 1.98 bits per heavy atom. The number of esters is 1. The number of benzene rings is 1. The third kappa shape index (κ3) is 10.4. The zero-order valence-corrected chi connectivity index (χ0v) is 25.7. The van der Waals surface area contributed by atoms with E-state index in [0.717, 1.165) is 24.8 Å². The number of aromatic nitrogens is 3. The van der Waals surface area contributed by atoms with Crippen molar-refractivity contribution in [1.29, 1.82) is 0 Å². The van der Waals surface area contributed by atoms with Crippen molar-refractivity contribution in [3.8, 4) is 0 Å². The van der Waals surface area contributed by atoms with Gasteiger partial charge in [0.15, 0.2) is 12.5 Å². The molecular formula is C33H50N4O6. The van der Waals surface area contributed by atoms with Crippen LogP contribution in [0.5, 0.6) is 0 Å². The third-order valence-corrected chi connectivity index (χ3v) is 8.30. The minimum Gasteiger partial charge on any atom is -0.463 e. The van der Waals surface area contributed by atoms with E-state index in [1.165, 1.54) is 88.1 Å². The first kappa shape index (κ1) is 33.1. The van der Waals surface area contributed by atoms with Crippen LogP contribution in [0.25, 0.3) is 0 Å². The van der Waals surface area contributed by atoms with E-state index in [4.69, 9.17) is 24.7 Å². The maximum atomic E-state index is 12.5. The molecule has 238 valence electrons. The number of unbranched alkanes of at least 4 members (excludes halogenated alkanes) is 14. The van der Waals surface area contributed by atoms with Gasteiger partial charge in [-0.05, 0) is 6.42 Å². The van der Waals surface area contributed by atoms with Crippen molar-refractivity contribution in [1.82, 2.24) is 14.8 Å². The lowest BCUT2D eigenvalue weighted by Crippen LogP contribution is -2.32. The molecule has 4 rings (SSSR count). The van der Waals surface area contributed by atoms with E-state index in [1.54, 1.807) is 0 Å². The van der Waals surface area contributed by atoms with Crippen molar-refractivity contribution in [3.05, 3.63) is 48.0 Å². The van der Waals surface area contributed by atoms with E-state index >= 15 is 0 Å². The van der Waals surface area contributed by atoms with Crippen LogP contribution in [-0.2, 0) is 23.7 Å². The molecule has 10 heteroatoms. The van der Waals surface area contributed by atoms with Crippen LogP contribution in [0.2, 0.25) is 0 Å². The lowest BCUT2D eigenvalue weighted by atomic mass is 10.0. The number of nitrogens with zero attached hydrogens (tertiary/aromatic N) is 3. The summed E-state index contributed by atoms with van der Waals surface area (Å²) in [7, 11) is 0. The number of carbonyl (C=O) groups excluding carboxylic acids is 2. The summed E-state index contributed by atoms with van der Waals surface area (Å²) in [6.07, 6.45) is 18.1. The quantitative estimate of drug-likeness (QED) is 0.126. The third-order valence-electron chi connectivity index (χ3n) is 8.30. The number of carbonyl (C=O) groups is 2. The average molecular weight is 599 g/mol. The van der Waals surface area contributed by atoms with E-state index in [9.17, 15) is 9.59 Å². The first-order valence-corrected chi connectivity index (χ1v) is 16.4. The lowest BCUT2D eigenvalue weighted by Gasteiger charge is -2.20. The maximum Gasteiger partial charge on any atom is 0.305 e. The number of nitrogens with two attached hydrogens (primary N) is 1. The van der Waals surface area contributed by atoms with Crippen LogP contribution in [0.1, 0.15) is 138 Å². The highest BCUT2D eigenvalue weighted by Gasteiger charge is 2.54. The van der Waals surface area contributed by atoms with Crippen LogP contribution in [0, 0.1) is 0 Å². The Balaban J connectivity index is 1.11. The van der Waals surface area contributed by atoms with Crippen LogP contribution in [0.3, 0.4) is 0 Å². The highest BCUT2D eigenvalue weighted by atomic mass is 16.8. The Bertz CT molecular complexity index is 1100. The summed E-state index contributed by atoms with van der Waals surface area (Å²) in [5, 5.41) is 4.15. The Morgan fingerprint density at radius 1 is 0.814 bits per heavy atom. The topological polar surface area (TPSA) is 128 Å². The summed E-state index contributed by atoms with van der Waals surface area (Å²) in [5.74, 6) is -1.09. The van der Waals surface area contributed by atoms with Gasteiger partial charge in [-0.2, -0.15) is 0 Å². The average Bonchev–Trinajstić information content (AvgIpc) is 3.75. The van der Waals surface area contributed by atoms with E-state index in [0.29, 0.717) is 6.42 Å². The number of hydrogen-bond acceptors (Lipinski definition) is 8. The molecule has 3 heterocycles. The second-order valence-corrected chi connectivity index (χ2v) is 11.8. The standard InChI is InChI=1S/C33H50N4O6/c1-2-3-4-5-6-7-8-9-10-11-12-13-14-15-19-22-27(38)40-23-26-28-29(43-33(42-28)25-20-17-16-18-21-25)32(41-26)37-24-35-31(36-37)30(34)39/h16-18,20-21,24,26,28-29,32-33H,2-15,19,22-23H2,1H3,(H2,34,39)/t26-,28?,29-,32-,33?/m1/s1. The molecule has 5 atom stereocenters. The van der Waals surface area contributed by atoms with Crippen LogP contribution in [0.15, 0.2) is 36.7 Å². The smallest absolute Gasteiger partial charge is 0.305 e. The van der Waals surface area contributed by atoms with Gasteiger partial charge >= 0.3 is 5.97 Å². The summed E-state index contributed by atoms with van der Waals surface area (Å²) in [6, 6.07) is 9.60. The Hall–Kier alpha value is -2.82. The zero-order chi connectivity index (χ0) is 30.3. The highest BCUT2D eigenvalue weighted by molar-refractivity contribution is 5.88. The van der Waals surface area contributed by atoms with Gasteiger partial charge in [-0.15, -0.1) is 5.10 Å². The van der Waals surface area contributed by atoms with Crippen LogP contribution in [-0.4, -0.2) is 51.6 Å². The second-order valence-electron chi connectivity index (χ2n) is 11.8. The van der Waals surface area contributed by atoms with Gasteiger partial charge in [-0.3, -0.25) is 9.59 Å². The minimum atomic E-state index is -0.733. The van der Waals surface area contributed by atoms with E-state index in [1.807, 2.05) is 30.3 Å². The normalized spacial score (nSPS) is 23.0. The maximum absolute atomic E-state index is 12.5. The lowest BCUT2D eigenvalue weighted by molar-refractivity contribution is -0.168. The molecule has 2 aliphatic rings. The molecule has 2 aromatic rings. The zero-order valence-electron chi connectivity index (χ0n) is 25.7. The summed E-state index contributed by atoms with van der Waals surface area (Å²) < 4.78 is 25.6. The van der Waals surface area contributed by atoms with Gasteiger partial charge in [0.25, 0.3) is 5.91 Å². The minimum absolute atomic E-state index is 0.0392. The van der Waals surface area contributed by atoms with Crippen molar-refractivity contribution in [2.45, 2.75) is 140 Å². The van der Waals surface area contributed by atoms with E-state index in [-0.39, 0.29) is 18.4 Å². The molecule has 0 radical (unpaired) electrons. The summed E-state index contributed by atoms with van der Waals surface area (Å²) in [6.45, 7) is 2.30. The number of primary amides is 1. The molecule has 0 bridgehead atoms. The molecule has 2 fully saturated rings. The predicted octanol–water partition coefficient (Wildman–Crippen LogP) is 6.56. The number of hydrogen-bond donors (Lipinski definition) is 1. The molecule has 2 aliphatic heterocycles. The van der Waals surface area contributed by atoms with Gasteiger partial charge in [0.1, 0.15) is 31.2 Å². The fourth-order valence-electron chi connectivity index (χ4n) is 5.85. The molecule has 1 aromatic carbocycles. The van der Waals surface area contributed by atoms with Crippen molar-refractivity contribution < 1.29 is 28.5 Å². The summed E-state index contributed by atoms with van der Waals surface area (Å²) in [5.41, 5.74) is 6.19. The number of rotatable bonds is 21. The molecule has 2 unspecified atom stereocenters. The SMILES string of the molecule is CCCCCCCCCCCCCCCCCC(=O)OC[C@H]1O[C@@H](n2cnc(C(N)=O)n2)[C@@H]2OC(c3ccccc3)OC21. The molecule has 2 saturated heterocycles. The molecule has 0 spiro atoms. The van der Waals surface area contributed by atoms with Gasteiger partial charge in [0.2, 0.25) is 5.82 Å². The van der Waals surface area contributed by atoms with Gasteiger partial charge in [0, 0.05) is 12.0 Å². The monoisotopic (exact) mass is 598 g/mol. The first-order chi connectivity index (χ1) is 21.1. The molecule has 2 N–H and O–H groups in total. The van der Waals surface area contributed by atoms with Crippen molar-refractivity contribution in [2.24, 2.45) is 5.73 Å². The fourth-order valence-corrected chi connectivity index (χ4v) is 5.85. The Morgan fingerprint density at radius 2 is 1.40 bits per heavy atom. The second kappa shape index (κ2) is 18.1. The molecule has 1 amide bonds. The van der Waals surface area contributed by atoms with Gasteiger partial charge in [-0.1, -0.05) is 127 Å². The summed E-state index contributed by atoms with van der Waals surface area (Å²) >= 11 is 0. The van der Waals surface area contributed by atoms with Crippen molar-refractivity contribution in [2.75, 3.05) is 6.61 Å². The van der Waals surface area contributed by atoms with Gasteiger partial charge in [-0.25, -0.2) is 9.67 Å². The van der Waals surface area contributed by atoms with Gasteiger partial charge < -0.3 is 24.7 Å². The van der Waals surface area contributed by atoms with Crippen LogP contribution in [0.4, 0.5) is 0 Å². The molecule has 0 aliphatic carbocycles. The van der Waals surface area contributed by atoms with Crippen LogP contribution >= 0.6 is 0 Å². The molecule has 10 nitrogen and oxygen atoms in total. The Kier molecular flexibility index (Phi) is 13.9. The molecule has 0 saturated carbocycles. The first-order valence-electron chi connectivity index (χ1n) is 16.4. The predicted molar refractivity (Wildman–Crippen MR) is 162 cm³/mol. The number of amides is 1. The van der Waals surface area contributed by atoms with Gasteiger partial charge in [0.05, 0.1) is 0 Å². The van der Waals surface area contributed by atoms with E-state index in [2.05, 4.69) is 17.0 Å².